The van der Waals surface area contributed by atoms with Crippen LogP contribution in [0, 0.1) is 17.8 Å². The zero-order valence-electron chi connectivity index (χ0n) is 21.6. The standard InChI is InChI=1S/C29H41N3O3/c1-20(2)32(28(33)24-15-9-21(3)10-16-24)27-26(29(34)35)19-31(30-27)25-17-13-23(14-18-25)12-11-22-7-5-4-6-8-22/h13-14,17-22,24H,4-12,15-16H2,1-3H3,(H,34,35). The van der Waals surface area contributed by atoms with Crippen molar-refractivity contribution in [1.82, 2.24) is 9.78 Å². The molecule has 1 aromatic carbocycles. The van der Waals surface area contributed by atoms with Crippen LogP contribution in [0.25, 0.3) is 5.69 Å². The minimum absolute atomic E-state index is 0.00212. The lowest BCUT2D eigenvalue weighted by Gasteiger charge is -2.32. The molecule has 2 aliphatic carbocycles. The highest BCUT2D eigenvalue weighted by Crippen LogP contribution is 2.33. The SMILES string of the molecule is CC1CCC(C(=O)N(c2nn(-c3ccc(CCC4CCCCC4)cc3)cc2C(=O)O)C(C)C)CC1. The van der Waals surface area contributed by atoms with Crippen LogP contribution in [0.15, 0.2) is 30.5 Å². The van der Waals surface area contributed by atoms with E-state index < -0.39 is 5.97 Å². The highest BCUT2D eigenvalue weighted by Gasteiger charge is 2.34. The van der Waals surface area contributed by atoms with Gasteiger partial charge in [0.1, 0.15) is 5.56 Å². The number of aromatic nitrogens is 2. The van der Waals surface area contributed by atoms with Crippen molar-refractivity contribution in [3.05, 3.63) is 41.6 Å². The number of aryl methyl sites for hydroxylation is 1. The van der Waals surface area contributed by atoms with Crippen molar-refractivity contribution in [1.29, 1.82) is 0 Å². The zero-order chi connectivity index (χ0) is 24.9. The number of hydrogen-bond donors (Lipinski definition) is 1. The van der Waals surface area contributed by atoms with Gasteiger partial charge in [0.05, 0.1) is 5.69 Å². The van der Waals surface area contributed by atoms with Gasteiger partial charge in [-0.1, -0.05) is 51.2 Å². The Bertz CT molecular complexity index is 997. The fourth-order valence-corrected chi connectivity index (χ4v) is 5.79. The topological polar surface area (TPSA) is 75.4 Å². The molecule has 1 heterocycles. The summed E-state index contributed by atoms with van der Waals surface area (Å²) in [6, 6.07) is 8.07. The average Bonchev–Trinajstić information content (AvgIpc) is 3.29. The molecule has 2 aromatic rings. The average molecular weight is 480 g/mol. The Kier molecular flexibility index (Phi) is 8.30. The number of nitrogens with zero attached hydrogens (tertiary/aromatic N) is 3. The summed E-state index contributed by atoms with van der Waals surface area (Å²) in [7, 11) is 0. The maximum atomic E-state index is 13.5. The largest absolute Gasteiger partial charge is 0.477 e. The maximum Gasteiger partial charge on any atom is 0.341 e. The number of carbonyl (C=O) groups excluding carboxylic acids is 1. The number of rotatable bonds is 8. The van der Waals surface area contributed by atoms with Gasteiger partial charge >= 0.3 is 5.97 Å². The molecule has 190 valence electrons. The molecule has 1 N–H and O–H groups in total. The first kappa shape index (κ1) is 25.5. The minimum atomic E-state index is -1.06. The maximum absolute atomic E-state index is 13.5. The molecule has 1 aromatic heterocycles. The third kappa shape index (κ3) is 6.14. The number of carboxylic acid groups (broad SMARTS) is 1. The molecule has 2 saturated carbocycles. The van der Waals surface area contributed by atoms with E-state index in [0.29, 0.717) is 5.92 Å². The van der Waals surface area contributed by atoms with Gasteiger partial charge in [0.25, 0.3) is 0 Å². The van der Waals surface area contributed by atoms with Crippen molar-refractivity contribution in [3.8, 4) is 5.69 Å². The van der Waals surface area contributed by atoms with Gasteiger partial charge in [-0.15, -0.1) is 5.10 Å². The van der Waals surface area contributed by atoms with Crippen LogP contribution in [0.2, 0.25) is 0 Å². The number of carbonyl (C=O) groups is 2. The van der Waals surface area contributed by atoms with E-state index >= 15 is 0 Å². The molecular formula is C29H41N3O3. The van der Waals surface area contributed by atoms with Crippen molar-refractivity contribution in [2.24, 2.45) is 17.8 Å². The molecular weight excluding hydrogens is 438 g/mol. The lowest BCUT2D eigenvalue weighted by atomic mass is 9.82. The van der Waals surface area contributed by atoms with Gasteiger partial charge in [0.15, 0.2) is 5.82 Å². The Hall–Kier alpha value is -2.63. The predicted octanol–water partition coefficient (Wildman–Crippen LogP) is 6.65. The molecule has 1 amide bonds. The third-order valence-electron chi connectivity index (χ3n) is 8.04. The third-order valence-corrected chi connectivity index (χ3v) is 8.04. The quantitative estimate of drug-likeness (QED) is 0.460. The smallest absolute Gasteiger partial charge is 0.341 e. The summed E-state index contributed by atoms with van der Waals surface area (Å²) in [4.78, 5) is 27.2. The minimum Gasteiger partial charge on any atom is -0.477 e. The Morgan fingerprint density at radius 1 is 1.03 bits per heavy atom. The molecule has 0 unspecified atom stereocenters. The predicted molar refractivity (Wildman–Crippen MR) is 139 cm³/mol. The van der Waals surface area contributed by atoms with E-state index in [1.165, 1.54) is 44.1 Å². The van der Waals surface area contributed by atoms with E-state index in [1.54, 1.807) is 15.8 Å². The molecule has 2 fully saturated rings. The first-order chi connectivity index (χ1) is 16.8. The Morgan fingerprint density at radius 3 is 2.29 bits per heavy atom. The van der Waals surface area contributed by atoms with Crippen LogP contribution in [-0.4, -0.2) is 32.8 Å². The van der Waals surface area contributed by atoms with E-state index in [0.717, 1.165) is 43.7 Å². The van der Waals surface area contributed by atoms with E-state index in [9.17, 15) is 14.7 Å². The van der Waals surface area contributed by atoms with Gasteiger partial charge in [0.2, 0.25) is 5.91 Å². The first-order valence-electron chi connectivity index (χ1n) is 13.6. The lowest BCUT2D eigenvalue weighted by Crippen LogP contribution is -2.43. The Morgan fingerprint density at radius 2 is 1.69 bits per heavy atom. The second-order valence-corrected chi connectivity index (χ2v) is 11.1. The first-order valence-corrected chi connectivity index (χ1v) is 13.6. The van der Waals surface area contributed by atoms with Gasteiger partial charge in [-0.25, -0.2) is 9.48 Å². The van der Waals surface area contributed by atoms with Crippen LogP contribution < -0.4 is 4.90 Å². The van der Waals surface area contributed by atoms with Crippen LogP contribution in [0.4, 0.5) is 5.82 Å². The van der Waals surface area contributed by atoms with Gasteiger partial charge in [-0.3, -0.25) is 9.69 Å². The zero-order valence-corrected chi connectivity index (χ0v) is 21.6. The van der Waals surface area contributed by atoms with Gasteiger partial charge in [-0.05, 0) is 81.9 Å². The molecule has 0 radical (unpaired) electrons. The number of hydrogen-bond acceptors (Lipinski definition) is 3. The van der Waals surface area contributed by atoms with Crippen LogP contribution in [-0.2, 0) is 11.2 Å². The summed E-state index contributed by atoms with van der Waals surface area (Å²) in [6.45, 7) is 6.08. The number of aromatic carboxylic acids is 1. The molecule has 35 heavy (non-hydrogen) atoms. The van der Waals surface area contributed by atoms with Gasteiger partial charge in [0, 0.05) is 18.2 Å². The van der Waals surface area contributed by atoms with Crippen molar-refractivity contribution < 1.29 is 14.7 Å². The number of carboxylic acids is 1. The monoisotopic (exact) mass is 479 g/mol. The van der Waals surface area contributed by atoms with Crippen LogP contribution >= 0.6 is 0 Å². The summed E-state index contributed by atoms with van der Waals surface area (Å²) >= 11 is 0. The van der Waals surface area contributed by atoms with E-state index in [-0.39, 0.29) is 29.2 Å². The number of anilines is 1. The molecule has 0 bridgehead atoms. The fourth-order valence-electron chi connectivity index (χ4n) is 5.79. The number of benzene rings is 1. The fraction of sp³-hybridized carbons (Fsp3) is 0.621. The molecule has 4 rings (SSSR count). The second kappa shape index (κ2) is 11.4. The second-order valence-electron chi connectivity index (χ2n) is 11.1. The number of amides is 1. The van der Waals surface area contributed by atoms with E-state index in [2.05, 4.69) is 24.2 Å². The molecule has 0 atom stereocenters. The van der Waals surface area contributed by atoms with Crippen LogP contribution in [0.3, 0.4) is 0 Å². The Labute approximate surface area is 209 Å². The molecule has 6 heteroatoms. The van der Waals surface area contributed by atoms with E-state index in [4.69, 9.17) is 0 Å². The van der Waals surface area contributed by atoms with Crippen molar-refractivity contribution in [2.45, 2.75) is 97.4 Å². The normalized spacial score (nSPS) is 21.3. The lowest BCUT2D eigenvalue weighted by molar-refractivity contribution is -0.123. The summed E-state index contributed by atoms with van der Waals surface area (Å²) < 4.78 is 1.61. The van der Waals surface area contributed by atoms with Crippen LogP contribution in [0.5, 0.6) is 0 Å². The summed E-state index contributed by atoms with van der Waals surface area (Å²) in [5, 5.41) is 14.6. The van der Waals surface area contributed by atoms with Crippen molar-refractivity contribution >= 4 is 17.7 Å². The van der Waals surface area contributed by atoms with Crippen molar-refractivity contribution in [3.63, 3.8) is 0 Å². The molecule has 2 aliphatic rings. The molecule has 6 nitrogen and oxygen atoms in total. The van der Waals surface area contributed by atoms with Gasteiger partial charge < -0.3 is 5.11 Å². The molecule has 0 saturated heterocycles. The summed E-state index contributed by atoms with van der Waals surface area (Å²) in [5.41, 5.74) is 2.18. The Balaban J connectivity index is 1.53. The summed E-state index contributed by atoms with van der Waals surface area (Å²) in [6.07, 6.45) is 14.5. The molecule has 0 spiro atoms. The highest BCUT2D eigenvalue weighted by molar-refractivity contribution is 6.01. The van der Waals surface area contributed by atoms with Crippen LogP contribution in [0.1, 0.15) is 101 Å². The highest BCUT2D eigenvalue weighted by atomic mass is 16.4. The van der Waals surface area contributed by atoms with Gasteiger partial charge in [-0.2, -0.15) is 0 Å². The van der Waals surface area contributed by atoms with E-state index in [1.807, 2.05) is 26.0 Å². The van der Waals surface area contributed by atoms with Crippen molar-refractivity contribution in [2.75, 3.05) is 4.90 Å². The summed E-state index contributed by atoms with van der Waals surface area (Å²) in [5.74, 6) is 0.609. The molecule has 0 aliphatic heterocycles.